The van der Waals surface area contributed by atoms with Crippen molar-refractivity contribution in [1.82, 2.24) is 34.7 Å². The van der Waals surface area contributed by atoms with E-state index < -0.39 is 12.1 Å². The lowest BCUT2D eigenvalue weighted by molar-refractivity contribution is -0.138. The molecule has 0 saturated carbocycles. The van der Waals surface area contributed by atoms with Crippen LogP contribution in [-0.4, -0.2) is 125 Å². The Kier molecular flexibility index (Phi) is 10.1. The molecule has 0 spiro atoms. The number of halogens is 2. The predicted molar refractivity (Wildman–Crippen MR) is 157 cm³/mol. The molecule has 2 atom stereocenters. The van der Waals surface area contributed by atoms with Crippen molar-refractivity contribution in [1.29, 1.82) is 0 Å². The summed E-state index contributed by atoms with van der Waals surface area (Å²) in [5, 5.41) is 0. The van der Waals surface area contributed by atoms with Gasteiger partial charge < -0.3 is 34.8 Å². The second-order valence-electron chi connectivity index (χ2n) is 11.1. The summed E-state index contributed by atoms with van der Waals surface area (Å²) in [6, 6.07) is -0.0438. The highest BCUT2D eigenvalue weighted by molar-refractivity contribution is 5.87. The minimum Gasteiger partial charge on any atom is -0.377 e. The Labute approximate surface area is 254 Å². The number of hydrogen-bond acceptors (Lipinski definition) is 12. The third-order valence-electron chi connectivity index (χ3n) is 8.02. The van der Waals surface area contributed by atoms with Crippen molar-refractivity contribution >= 4 is 29.7 Å². The maximum Gasteiger partial charge on any atom is 0.281 e. The predicted octanol–water partition coefficient (Wildman–Crippen LogP) is 1.16. The second kappa shape index (κ2) is 14.2. The van der Waals surface area contributed by atoms with Gasteiger partial charge in [-0.3, -0.25) is 9.59 Å². The molecule has 16 heteroatoms. The molecule has 3 fully saturated rings. The second-order valence-corrected chi connectivity index (χ2v) is 11.1. The van der Waals surface area contributed by atoms with Crippen molar-refractivity contribution in [2.45, 2.75) is 32.2 Å². The van der Waals surface area contributed by atoms with E-state index in [2.05, 4.69) is 26.5 Å². The summed E-state index contributed by atoms with van der Waals surface area (Å²) in [7, 11) is 0. The first-order chi connectivity index (χ1) is 21.2. The van der Waals surface area contributed by atoms with Crippen LogP contribution in [0.15, 0.2) is 18.9 Å². The first-order valence-electron chi connectivity index (χ1n) is 14.8. The zero-order chi connectivity index (χ0) is 31.2. The van der Waals surface area contributed by atoms with Gasteiger partial charge in [-0.25, -0.2) is 18.7 Å². The van der Waals surface area contributed by atoms with Gasteiger partial charge in [0.15, 0.2) is 5.82 Å². The molecule has 44 heavy (non-hydrogen) atoms. The maximum absolute atomic E-state index is 13.9. The number of morpholine rings is 1. The van der Waals surface area contributed by atoms with Gasteiger partial charge in [-0.2, -0.15) is 15.0 Å². The molecule has 3 aliphatic heterocycles. The highest BCUT2D eigenvalue weighted by Crippen LogP contribution is 2.30. The summed E-state index contributed by atoms with van der Waals surface area (Å²) >= 11 is 0. The fourth-order valence-corrected chi connectivity index (χ4v) is 5.61. The number of likely N-dealkylation sites (tertiary alicyclic amines) is 1. The van der Waals surface area contributed by atoms with Crippen LogP contribution in [0.1, 0.15) is 31.9 Å². The first kappa shape index (κ1) is 31.4. The average Bonchev–Trinajstić information content (AvgIpc) is 3.04. The molecule has 0 aliphatic carbocycles. The van der Waals surface area contributed by atoms with Gasteiger partial charge in [-0.05, 0) is 31.8 Å². The molecule has 0 aromatic carbocycles. The summed E-state index contributed by atoms with van der Waals surface area (Å²) in [5.41, 5.74) is 5.00. The quantitative estimate of drug-likeness (QED) is 0.402. The number of anilines is 3. The van der Waals surface area contributed by atoms with E-state index in [0.29, 0.717) is 77.5 Å². The number of piperidine rings is 1. The molecule has 0 unspecified atom stereocenters. The molecular formula is C28H38F2N10O4. The summed E-state index contributed by atoms with van der Waals surface area (Å²) in [5.74, 6) is 0.350. The third kappa shape index (κ3) is 7.35. The number of hydrogen-bond donors (Lipinski definition) is 1. The zero-order valence-corrected chi connectivity index (χ0v) is 24.8. The van der Waals surface area contributed by atoms with Crippen LogP contribution >= 0.6 is 0 Å². The largest absolute Gasteiger partial charge is 0.377 e. The molecule has 0 bridgehead atoms. The van der Waals surface area contributed by atoms with Crippen LogP contribution in [0.25, 0.3) is 11.4 Å². The number of nitrogens with two attached hydrogens (primary N) is 1. The molecule has 5 heterocycles. The Balaban J connectivity index is 1.25. The van der Waals surface area contributed by atoms with Crippen LogP contribution in [0.3, 0.4) is 0 Å². The summed E-state index contributed by atoms with van der Waals surface area (Å²) in [4.78, 5) is 53.6. The minimum atomic E-state index is -2.91. The highest BCUT2D eigenvalue weighted by Gasteiger charge is 2.29. The Morgan fingerprint density at radius 2 is 1.89 bits per heavy atom. The van der Waals surface area contributed by atoms with Gasteiger partial charge in [0.2, 0.25) is 29.7 Å². The topological polar surface area (TPSA) is 156 Å². The lowest BCUT2D eigenvalue weighted by Gasteiger charge is -2.36. The number of nitrogen functional groups attached to an aromatic ring is 1. The minimum absolute atomic E-state index is 0.0157. The zero-order valence-electron chi connectivity index (χ0n) is 24.8. The van der Waals surface area contributed by atoms with Crippen molar-refractivity contribution in [3.05, 3.63) is 24.5 Å². The lowest BCUT2D eigenvalue weighted by atomic mass is 9.99. The smallest absolute Gasteiger partial charge is 0.281 e. The molecule has 14 nitrogen and oxygen atoms in total. The summed E-state index contributed by atoms with van der Waals surface area (Å²) < 4.78 is 39.2. The number of carbonyl (C=O) groups excluding carboxylic acids is 2. The van der Waals surface area contributed by atoms with Crippen LogP contribution in [-0.2, 0) is 19.1 Å². The van der Waals surface area contributed by atoms with Crippen molar-refractivity contribution in [2.75, 3.05) is 87.8 Å². The van der Waals surface area contributed by atoms with Crippen LogP contribution in [0.5, 0.6) is 0 Å². The molecule has 3 aliphatic rings. The first-order valence-corrected chi connectivity index (χ1v) is 14.8. The van der Waals surface area contributed by atoms with Crippen LogP contribution < -0.4 is 15.5 Å². The van der Waals surface area contributed by atoms with Crippen molar-refractivity contribution in [3.8, 4) is 11.4 Å². The van der Waals surface area contributed by atoms with E-state index in [-0.39, 0.29) is 47.7 Å². The van der Waals surface area contributed by atoms with Crippen LogP contribution in [0.4, 0.5) is 26.6 Å². The van der Waals surface area contributed by atoms with Gasteiger partial charge in [0.05, 0.1) is 31.4 Å². The summed E-state index contributed by atoms with van der Waals surface area (Å²) in [6.07, 6.45) is 1.44. The van der Waals surface area contributed by atoms with E-state index in [4.69, 9.17) is 20.2 Å². The highest BCUT2D eigenvalue weighted by atomic mass is 19.3. The van der Waals surface area contributed by atoms with E-state index in [1.165, 1.54) is 12.3 Å². The standard InChI is InChI=1S/C28H38F2N10O4/c1-3-21(41)39-6-4-5-19(14-39)16-44-17-22(42)37-7-9-38(10-8-37)27-34-25(20-13-32-26(31)33-23(20)24(29)30)35-28(36-27)40-11-12-43-15-18(40)2/h3,13,18-19,24H,1,4-12,14-17H2,2H3,(H2,31,32,33)/t18-,19-/m0/s1. The summed E-state index contributed by atoms with van der Waals surface area (Å²) in [6.45, 7) is 10.3. The molecule has 2 amide bonds. The van der Waals surface area contributed by atoms with Crippen molar-refractivity contribution < 1.29 is 27.8 Å². The number of alkyl halides is 2. The number of piperazine rings is 1. The Hall–Kier alpha value is -4.05. The van der Waals surface area contributed by atoms with Gasteiger partial charge in [0.1, 0.15) is 12.3 Å². The Morgan fingerprint density at radius 3 is 2.61 bits per heavy atom. The molecule has 2 aromatic rings. The van der Waals surface area contributed by atoms with Crippen LogP contribution in [0.2, 0.25) is 0 Å². The van der Waals surface area contributed by atoms with Gasteiger partial charge in [-0.1, -0.05) is 6.58 Å². The van der Waals surface area contributed by atoms with Gasteiger partial charge in [0.25, 0.3) is 6.43 Å². The molecule has 5 rings (SSSR count). The SMILES string of the molecule is C=CC(=O)N1CCC[C@H](COCC(=O)N2CCN(c3nc(-c4cnc(N)nc4C(F)F)nc(N4CCOC[C@@H]4C)n3)CC2)C1. The van der Waals surface area contributed by atoms with Crippen molar-refractivity contribution in [3.63, 3.8) is 0 Å². The third-order valence-corrected chi connectivity index (χ3v) is 8.02. The molecule has 2 aromatic heterocycles. The van der Waals surface area contributed by atoms with E-state index in [0.717, 1.165) is 12.8 Å². The van der Waals surface area contributed by atoms with E-state index in [1.54, 1.807) is 9.80 Å². The number of nitrogens with zero attached hydrogens (tertiary/aromatic N) is 9. The molecule has 3 saturated heterocycles. The van der Waals surface area contributed by atoms with Gasteiger partial charge >= 0.3 is 0 Å². The van der Waals surface area contributed by atoms with Gasteiger partial charge in [0, 0.05) is 52.0 Å². The van der Waals surface area contributed by atoms with Crippen LogP contribution in [0, 0.1) is 5.92 Å². The van der Waals surface area contributed by atoms with Gasteiger partial charge in [-0.15, -0.1) is 0 Å². The lowest BCUT2D eigenvalue weighted by Crippen LogP contribution is -2.50. The number of rotatable bonds is 9. The Morgan fingerprint density at radius 1 is 1.11 bits per heavy atom. The monoisotopic (exact) mass is 616 g/mol. The number of ether oxygens (including phenoxy) is 2. The number of aromatic nitrogens is 5. The fraction of sp³-hybridized carbons (Fsp3) is 0.607. The molecule has 238 valence electrons. The maximum atomic E-state index is 13.9. The molecular weight excluding hydrogens is 578 g/mol. The van der Waals surface area contributed by atoms with E-state index in [9.17, 15) is 18.4 Å². The fourth-order valence-electron chi connectivity index (χ4n) is 5.61. The normalized spacial score (nSPS) is 21.1. The Bertz CT molecular complexity index is 1340. The molecule has 2 N–H and O–H groups in total. The van der Waals surface area contributed by atoms with Crippen molar-refractivity contribution in [2.24, 2.45) is 5.92 Å². The molecule has 0 radical (unpaired) electrons. The number of amides is 2. The van der Waals surface area contributed by atoms with E-state index in [1.807, 2.05) is 16.7 Å². The number of carbonyl (C=O) groups is 2. The average molecular weight is 617 g/mol. The van der Waals surface area contributed by atoms with E-state index >= 15 is 0 Å².